The topological polar surface area (TPSA) is 244 Å². The van der Waals surface area contributed by atoms with Crippen molar-refractivity contribution in [2.45, 2.75) is 69.7 Å². The number of carboxylic acids is 1. The quantitative estimate of drug-likeness (QED) is 0.0984. The van der Waals surface area contributed by atoms with Crippen LogP contribution in [-0.4, -0.2) is 98.9 Å². The summed E-state index contributed by atoms with van der Waals surface area (Å²) in [5, 5.41) is 60.1. The number of nitrogens with one attached hydrogen (secondary N) is 4. The van der Waals surface area contributed by atoms with Crippen molar-refractivity contribution in [3.63, 3.8) is 0 Å². The highest BCUT2D eigenvalue weighted by Gasteiger charge is 2.37. The maximum absolute atomic E-state index is 13.1. The van der Waals surface area contributed by atoms with Crippen LogP contribution in [-0.2, 0) is 30.5 Å². The molecule has 0 aliphatic carbocycles. The second-order valence-electron chi connectivity index (χ2n) is 11.0. The molecule has 0 radical (unpaired) electrons. The summed E-state index contributed by atoms with van der Waals surface area (Å²) in [4.78, 5) is 61.6. The number of aliphatic hydroxyl groups excluding tert-OH is 4. The molecule has 0 aromatic heterocycles. The first-order valence-electron chi connectivity index (χ1n) is 14.6. The van der Waals surface area contributed by atoms with Gasteiger partial charge in [-0.3, -0.25) is 19.2 Å². The molecule has 0 unspecified atom stereocenters. The fraction of sp³-hybridized carbons (Fsp3) is 0.452. The van der Waals surface area contributed by atoms with E-state index in [-0.39, 0.29) is 18.9 Å². The zero-order chi connectivity index (χ0) is 34.2. The Morgan fingerprint density at radius 3 is 1.98 bits per heavy atom. The number of alkyl carbamates (subject to hydrolysis) is 1. The minimum atomic E-state index is -2.28. The molecule has 2 rings (SSSR count). The first-order chi connectivity index (χ1) is 21.8. The maximum atomic E-state index is 13.1. The van der Waals surface area contributed by atoms with Gasteiger partial charge in [0, 0.05) is 0 Å². The van der Waals surface area contributed by atoms with Crippen LogP contribution >= 0.6 is 0 Å². The number of carboxylic acid groups (broad SMARTS) is 1. The van der Waals surface area contributed by atoms with E-state index in [9.17, 15) is 49.5 Å². The van der Waals surface area contributed by atoms with E-state index in [0.717, 1.165) is 5.56 Å². The Labute approximate surface area is 266 Å². The van der Waals surface area contributed by atoms with Gasteiger partial charge in [-0.1, -0.05) is 74.5 Å². The number of aliphatic carboxylic acids is 1. The maximum Gasteiger partial charge on any atom is 0.407 e. The van der Waals surface area contributed by atoms with Crippen LogP contribution in [0.2, 0.25) is 0 Å². The smallest absolute Gasteiger partial charge is 0.407 e. The van der Waals surface area contributed by atoms with Gasteiger partial charge in [-0.25, -0.2) is 4.79 Å². The Kier molecular flexibility index (Phi) is 15.6. The van der Waals surface area contributed by atoms with E-state index in [1.807, 2.05) is 0 Å². The number of hydrogen-bond acceptors (Lipinski definition) is 10. The molecule has 0 fully saturated rings. The van der Waals surface area contributed by atoms with Crippen molar-refractivity contribution in [2.75, 3.05) is 13.2 Å². The normalized spacial score (nSPS) is 14.9. The zero-order valence-electron chi connectivity index (χ0n) is 25.5. The summed E-state index contributed by atoms with van der Waals surface area (Å²) in [5.74, 6) is -4.15. The predicted octanol–water partition coefficient (Wildman–Crippen LogP) is -0.664. The summed E-state index contributed by atoms with van der Waals surface area (Å²) in [7, 11) is 0. The Morgan fingerprint density at radius 2 is 1.41 bits per heavy atom. The van der Waals surface area contributed by atoms with Gasteiger partial charge in [0.1, 0.15) is 31.4 Å². The standard InChI is InChI=1S/C31H42N4O11/c1-18(2)13-22(33-24(37)15-32-31(45)46-17-19-9-5-3-6-10-19)29(43)35-23(16-36)26(40)27(41)28(42)30(44)34-21(14-25(38)39)20-11-7-4-8-12-20/h3-12,18,21-23,26-28,36,40-42H,13-17H2,1-2H3,(H,32,45)(H,33,37)(H,34,44)(H,35,43)(H,38,39)/t21-,22-,23-,26+,27+,28-/m0/s1. The summed E-state index contributed by atoms with van der Waals surface area (Å²) >= 11 is 0. The van der Waals surface area contributed by atoms with Gasteiger partial charge in [0.25, 0.3) is 5.91 Å². The van der Waals surface area contributed by atoms with E-state index in [2.05, 4.69) is 21.3 Å². The van der Waals surface area contributed by atoms with E-state index in [4.69, 9.17) is 4.74 Å². The molecule has 0 heterocycles. The molecule has 252 valence electrons. The summed E-state index contributed by atoms with van der Waals surface area (Å²) in [6.45, 7) is 2.08. The van der Waals surface area contributed by atoms with Crippen LogP contribution in [0.5, 0.6) is 0 Å². The minimum absolute atomic E-state index is 0.0182. The van der Waals surface area contributed by atoms with Crippen LogP contribution in [0.4, 0.5) is 4.79 Å². The molecule has 6 atom stereocenters. The van der Waals surface area contributed by atoms with Gasteiger partial charge >= 0.3 is 12.1 Å². The lowest BCUT2D eigenvalue weighted by Crippen LogP contribution is -2.59. The molecule has 0 bridgehead atoms. The fourth-order valence-corrected chi connectivity index (χ4v) is 4.35. The number of ether oxygens (including phenoxy) is 1. The fourth-order valence-electron chi connectivity index (χ4n) is 4.35. The minimum Gasteiger partial charge on any atom is -0.481 e. The average molecular weight is 647 g/mol. The highest BCUT2D eigenvalue weighted by atomic mass is 16.5. The van der Waals surface area contributed by atoms with E-state index >= 15 is 0 Å². The van der Waals surface area contributed by atoms with Crippen LogP contribution in [0, 0.1) is 5.92 Å². The van der Waals surface area contributed by atoms with Crippen molar-refractivity contribution >= 4 is 29.8 Å². The lowest BCUT2D eigenvalue weighted by molar-refractivity contribution is -0.145. The average Bonchev–Trinajstić information content (AvgIpc) is 3.03. The van der Waals surface area contributed by atoms with Crippen molar-refractivity contribution in [1.82, 2.24) is 21.3 Å². The van der Waals surface area contributed by atoms with Crippen molar-refractivity contribution in [1.29, 1.82) is 0 Å². The Bertz CT molecular complexity index is 1280. The van der Waals surface area contributed by atoms with E-state index in [0.29, 0.717) is 5.56 Å². The van der Waals surface area contributed by atoms with Gasteiger partial charge < -0.3 is 51.5 Å². The third-order valence-electron chi connectivity index (χ3n) is 6.74. The summed E-state index contributed by atoms with van der Waals surface area (Å²) in [6.07, 6.45) is -7.85. The number of benzene rings is 2. The van der Waals surface area contributed by atoms with Crippen molar-refractivity contribution in [3.8, 4) is 0 Å². The second kappa shape index (κ2) is 19.1. The van der Waals surface area contributed by atoms with Gasteiger partial charge in [0.05, 0.1) is 25.1 Å². The highest BCUT2D eigenvalue weighted by molar-refractivity contribution is 5.89. The third-order valence-corrected chi connectivity index (χ3v) is 6.74. The molecule has 46 heavy (non-hydrogen) atoms. The summed E-state index contributed by atoms with van der Waals surface area (Å²) in [5.41, 5.74) is 1.16. The lowest BCUT2D eigenvalue weighted by Gasteiger charge is -2.30. The Balaban J connectivity index is 1.97. The van der Waals surface area contributed by atoms with E-state index < -0.39 is 85.8 Å². The van der Waals surface area contributed by atoms with Crippen molar-refractivity contribution in [2.24, 2.45) is 5.92 Å². The summed E-state index contributed by atoms with van der Waals surface area (Å²) < 4.78 is 5.04. The van der Waals surface area contributed by atoms with Gasteiger partial charge in [0.15, 0.2) is 6.10 Å². The van der Waals surface area contributed by atoms with Crippen LogP contribution < -0.4 is 21.3 Å². The monoisotopic (exact) mass is 646 g/mol. The molecular formula is C31H42N4O11. The Hall–Kier alpha value is -4.57. The molecule has 9 N–H and O–H groups in total. The molecule has 4 amide bonds. The first-order valence-corrected chi connectivity index (χ1v) is 14.6. The molecule has 0 saturated heterocycles. The number of amides is 4. The molecule has 0 aliphatic rings. The molecule has 2 aromatic rings. The number of rotatable bonds is 18. The van der Waals surface area contributed by atoms with Crippen LogP contribution in [0.1, 0.15) is 43.9 Å². The first kappa shape index (κ1) is 37.6. The number of aliphatic hydroxyl groups is 4. The summed E-state index contributed by atoms with van der Waals surface area (Å²) in [6, 6.07) is 13.0. The molecule has 0 spiro atoms. The molecule has 0 saturated carbocycles. The van der Waals surface area contributed by atoms with Crippen LogP contribution in [0.25, 0.3) is 0 Å². The van der Waals surface area contributed by atoms with Gasteiger partial charge in [-0.15, -0.1) is 0 Å². The molecule has 2 aromatic carbocycles. The Morgan fingerprint density at radius 1 is 0.804 bits per heavy atom. The lowest BCUT2D eigenvalue weighted by atomic mass is 9.98. The second-order valence-corrected chi connectivity index (χ2v) is 11.0. The molecule has 0 aliphatic heterocycles. The van der Waals surface area contributed by atoms with Gasteiger partial charge in [0.2, 0.25) is 11.8 Å². The van der Waals surface area contributed by atoms with Gasteiger partial charge in [-0.05, 0) is 23.5 Å². The van der Waals surface area contributed by atoms with E-state index in [1.165, 1.54) is 0 Å². The van der Waals surface area contributed by atoms with Crippen molar-refractivity contribution < 1.29 is 54.2 Å². The van der Waals surface area contributed by atoms with Crippen LogP contribution in [0.15, 0.2) is 60.7 Å². The number of hydrogen-bond donors (Lipinski definition) is 9. The largest absolute Gasteiger partial charge is 0.481 e. The molecule has 15 nitrogen and oxygen atoms in total. The van der Waals surface area contributed by atoms with Crippen LogP contribution in [0.3, 0.4) is 0 Å². The zero-order valence-corrected chi connectivity index (χ0v) is 25.5. The van der Waals surface area contributed by atoms with Gasteiger partial charge in [-0.2, -0.15) is 0 Å². The number of carbonyl (C=O) groups excluding carboxylic acids is 4. The number of carbonyl (C=O) groups is 5. The highest BCUT2D eigenvalue weighted by Crippen LogP contribution is 2.18. The van der Waals surface area contributed by atoms with E-state index in [1.54, 1.807) is 74.5 Å². The SMILES string of the molecule is CC(C)C[C@H](NC(=O)CNC(=O)OCc1ccccc1)C(=O)N[C@@H](CO)[C@@H](O)[C@@H](O)[C@H](O)C(=O)N[C@@H](CC(=O)O)c1ccccc1. The predicted molar refractivity (Wildman–Crippen MR) is 163 cm³/mol. The third kappa shape index (κ3) is 12.8. The molecule has 15 heteroatoms. The molecular weight excluding hydrogens is 604 g/mol. The van der Waals surface area contributed by atoms with Crippen molar-refractivity contribution in [3.05, 3.63) is 71.8 Å².